The summed E-state index contributed by atoms with van der Waals surface area (Å²) in [6.45, 7) is 5.27. The zero-order chi connectivity index (χ0) is 15.6. The fourth-order valence-electron chi connectivity index (χ4n) is 1.70. The maximum absolute atomic E-state index is 12.0. The van der Waals surface area contributed by atoms with Crippen molar-refractivity contribution >= 4 is 17.7 Å². The number of hydrogen-bond acceptors (Lipinski definition) is 6. The van der Waals surface area contributed by atoms with Gasteiger partial charge in [0.15, 0.2) is 5.78 Å². The van der Waals surface area contributed by atoms with Crippen molar-refractivity contribution in [3.8, 4) is 0 Å². The van der Waals surface area contributed by atoms with Gasteiger partial charge in [-0.05, 0) is 20.3 Å². The number of ketones is 1. The lowest BCUT2D eigenvalue weighted by atomic mass is 9.91. The number of rotatable bonds is 10. The minimum Gasteiger partial charge on any atom is -0.466 e. The first-order valence-corrected chi connectivity index (χ1v) is 7.00. The number of ether oxygens (including phenoxy) is 2. The summed E-state index contributed by atoms with van der Waals surface area (Å²) in [7, 11) is 0. The SMILES string of the molecule is CCCCCC(=O)C(O)(CC(=O)OCC)C(=O)OCC. The molecular weight excluding hydrogens is 264 g/mol. The average Bonchev–Trinajstić information content (AvgIpc) is 2.39. The third-order valence-electron chi connectivity index (χ3n) is 2.79. The Bertz CT molecular complexity index is 339. The van der Waals surface area contributed by atoms with Crippen molar-refractivity contribution < 1.29 is 29.0 Å². The Kier molecular flexibility index (Phi) is 8.79. The van der Waals surface area contributed by atoms with Crippen LogP contribution in [0.2, 0.25) is 0 Å². The average molecular weight is 288 g/mol. The van der Waals surface area contributed by atoms with Crippen LogP contribution in [0.4, 0.5) is 0 Å². The number of aliphatic hydroxyl groups is 1. The highest BCUT2D eigenvalue weighted by Gasteiger charge is 2.46. The van der Waals surface area contributed by atoms with Crippen LogP contribution in [-0.2, 0) is 23.9 Å². The van der Waals surface area contributed by atoms with E-state index >= 15 is 0 Å². The lowest BCUT2D eigenvalue weighted by Gasteiger charge is -2.23. The first-order valence-electron chi connectivity index (χ1n) is 7.00. The minimum atomic E-state index is -2.43. The number of unbranched alkanes of at least 4 members (excludes halogenated alkanes) is 2. The summed E-state index contributed by atoms with van der Waals surface area (Å²) in [5, 5.41) is 10.3. The number of Topliss-reactive ketones (excluding diaryl/α,β-unsaturated/α-hetero) is 1. The molecule has 0 aromatic heterocycles. The maximum Gasteiger partial charge on any atom is 0.346 e. The Labute approximate surface area is 119 Å². The van der Waals surface area contributed by atoms with E-state index in [-0.39, 0.29) is 19.6 Å². The largest absolute Gasteiger partial charge is 0.466 e. The van der Waals surface area contributed by atoms with Gasteiger partial charge in [-0.3, -0.25) is 9.59 Å². The first kappa shape index (κ1) is 18.6. The van der Waals surface area contributed by atoms with Crippen molar-refractivity contribution in [3.63, 3.8) is 0 Å². The van der Waals surface area contributed by atoms with Gasteiger partial charge in [0.05, 0.1) is 19.6 Å². The zero-order valence-electron chi connectivity index (χ0n) is 12.4. The van der Waals surface area contributed by atoms with E-state index in [1.165, 1.54) is 0 Å². The molecule has 116 valence electrons. The van der Waals surface area contributed by atoms with E-state index in [2.05, 4.69) is 4.74 Å². The molecule has 0 spiro atoms. The van der Waals surface area contributed by atoms with Crippen molar-refractivity contribution in [2.45, 2.75) is 58.5 Å². The number of carbonyl (C=O) groups is 3. The number of hydrogen-bond donors (Lipinski definition) is 1. The molecule has 0 fully saturated rings. The summed E-state index contributed by atoms with van der Waals surface area (Å²) in [4.78, 5) is 35.3. The Balaban J connectivity index is 4.89. The number of esters is 2. The molecule has 20 heavy (non-hydrogen) atoms. The summed E-state index contributed by atoms with van der Waals surface area (Å²) in [6.07, 6.45) is 1.60. The van der Waals surface area contributed by atoms with Crippen LogP contribution >= 0.6 is 0 Å². The number of carbonyl (C=O) groups excluding carboxylic acids is 3. The van der Waals surface area contributed by atoms with E-state index in [9.17, 15) is 19.5 Å². The van der Waals surface area contributed by atoms with Gasteiger partial charge in [0.2, 0.25) is 5.60 Å². The fourth-order valence-corrected chi connectivity index (χ4v) is 1.70. The van der Waals surface area contributed by atoms with Crippen molar-refractivity contribution in [1.29, 1.82) is 0 Å². The van der Waals surface area contributed by atoms with E-state index in [0.717, 1.165) is 12.8 Å². The van der Waals surface area contributed by atoms with E-state index in [4.69, 9.17) is 4.74 Å². The van der Waals surface area contributed by atoms with Crippen molar-refractivity contribution in [2.24, 2.45) is 0 Å². The standard InChI is InChI=1S/C14H24O6/c1-4-7-8-9-11(15)14(18,13(17)20-6-3)10-12(16)19-5-2/h18H,4-10H2,1-3H3. The lowest BCUT2D eigenvalue weighted by molar-refractivity contribution is -0.176. The van der Waals surface area contributed by atoms with Gasteiger partial charge in [0.25, 0.3) is 0 Å². The third kappa shape index (κ3) is 5.69. The predicted octanol–water partition coefficient (Wildman–Crippen LogP) is 1.38. The van der Waals surface area contributed by atoms with Gasteiger partial charge in [-0.2, -0.15) is 0 Å². The van der Waals surface area contributed by atoms with Crippen molar-refractivity contribution in [2.75, 3.05) is 13.2 Å². The molecule has 0 saturated carbocycles. The molecule has 6 nitrogen and oxygen atoms in total. The second kappa shape index (κ2) is 9.47. The molecule has 1 atom stereocenters. The normalized spacial score (nSPS) is 13.4. The molecule has 0 saturated heterocycles. The molecule has 0 aliphatic rings. The van der Waals surface area contributed by atoms with Crippen LogP contribution in [0, 0.1) is 0 Å². The molecule has 1 N–H and O–H groups in total. The molecule has 0 heterocycles. The summed E-state index contributed by atoms with van der Waals surface area (Å²) in [5.74, 6) is -2.58. The van der Waals surface area contributed by atoms with Crippen molar-refractivity contribution in [1.82, 2.24) is 0 Å². The monoisotopic (exact) mass is 288 g/mol. The van der Waals surface area contributed by atoms with Crippen LogP contribution in [0.5, 0.6) is 0 Å². The van der Waals surface area contributed by atoms with Gasteiger partial charge in [0, 0.05) is 6.42 Å². The Hall–Kier alpha value is -1.43. The highest BCUT2D eigenvalue weighted by atomic mass is 16.6. The summed E-state index contributed by atoms with van der Waals surface area (Å²) in [5.41, 5.74) is -2.43. The van der Waals surface area contributed by atoms with Gasteiger partial charge in [-0.15, -0.1) is 0 Å². The van der Waals surface area contributed by atoms with Crippen molar-refractivity contribution in [3.05, 3.63) is 0 Å². The molecule has 0 radical (unpaired) electrons. The predicted molar refractivity (Wildman–Crippen MR) is 72.0 cm³/mol. The van der Waals surface area contributed by atoms with Crippen LogP contribution in [0.15, 0.2) is 0 Å². The quantitative estimate of drug-likeness (QED) is 0.371. The van der Waals surface area contributed by atoms with E-state index in [1.54, 1.807) is 13.8 Å². The lowest BCUT2D eigenvalue weighted by Crippen LogP contribution is -2.49. The molecule has 0 aliphatic carbocycles. The maximum atomic E-state index is 12.0. The Morgan fingerprint density at radius 2 is 1.60 bits per heavy atom. The Morgan fingerprint density at radius 3 is 2.10 bits per heavy atom. The molecular formula is C14H24O6. The van der Waals surface area contributed by atoms with E-state index in [0.29, 0.717) is 6.42 Å². The second-order valence-electron chi connectivity index (χ2n) is 4.44. The van der Waals surface area contributed by atoms with Crippen LogP contribution in [-0.4, -0.2) is 41.6 Å². The molecule has 0 aliphatic heterocycles. The van der Waals surface area contributed by atoms with Gasteiger partial charge >= 0.3 is 11.9 Å². The molecule has 0 aromatic carbocycles. The van der Waals surface area contributed by atoms with Crippen LogP contribution in [0.1, 0.15) is 52.9 Å². The van der Waals surface area contributed by atoms with Crippen LogP contribution in [0.3, 0.4) is 0 Å². The van der Waals surface area contributed by atoms with Gasteiger partial charge in [0.1, 0.15) is 0 Å². The summed E-state index contributed by atoms with van der Waals surface area (Å²) in [6, 6.07) is 0. The van der Waals surface area contributed by atoms with Crippen LogP contribution in [0.25, 0.3) is 0 Å². The minimum absolute atomic E-state index is 0.0200. The van der Waals surface area contributed by atoms with Gasteiger partial charge in [-0.25, -0.2) is 4.79 Å². The molecule has 6 heteroatoms. The Morgan fingerprint density at radius 1 is 1.00 bits per heavy atom. The third-order valence-corrected chi connectivity index (χ3v) is 2.79. The summed E-state index contributed by atoms with van der Waals surface area (Å²) < 4.78 is 9.38. The molecule has 0 amide bonds. The zero-order valence-corrected chi connectivity index (χ0v) is 12.4. The topological polar surface area (TPSA) is 89.9 Å². The molecule has 0 rings (SSSR count). The molecule has 1 unspecified atom stereocenters. The first-order chi connectivity index (χ1) is 9.42. The molecule has 0 bridgehead atoms. The van der Waals surface area contributed by atoms with E-state index in [1.807, 2.05) is 6.92 Å². The fraction of sp³-hybridized carbons (Fsp3) is 0.786. The van der Waals surface area contributed by atoms with Gasteiger partial charge < -0.3 is 14.6 Å². The highest BCUT2D eigenvalue weighted by molar-refractivity contribution is 6.09. The van der Waals surface area contributed by atoms with E-state index < -0.39 is 29.7 Å². The second-order valence-corrected chi connectivity index (χ2v) is 4.44. The molecule has 0 aromatic rings. The summed E-state index contributed by atoms with van der Waals surface area (Å²) >= 11 is 0. The highest BCUT2D eigenvalue weighted by Crippen LogP contribution is 2.19. The van der Waals surface area contributed by atoms with Gasteiger partial charge in [-0.1, -0.05) is 19.8 Å². The van der Waals surface area contributed by atoms with Crippen LogP contribution < -0.4 is 0 Å². The smallest absolute Gasteiger partial charge is 0.346 e.